The first-order chi connectivity index (χ1) is 15.7. The van der Waals surface area contributed by atoms with E-state index < -0.39 is 42.8 Å². The van der Waals surface area contributed by atoms with Crippen molar-refractivity contribution in [3.63, 3.8) is 0 Å². The van der Waals surface area contributed by atoms with E-state index in [0.717, 1.165) is 24.8 Å². The topological polar surface area (TPSA) is 163 Å². The fourth-order valence-corrected chi connectivity index (χ4v) is 3.62. The van der Waals surface area contributed by atoms with Gasteiger partial charge in [-0.25, -0.2) is 4.79 Å². The molecule has 33 heavy (non-hydrogen) atoms. The molecule has 2 rings (SSSR count). The number of carboxylic acids is 1. The molecule has 0 saturated carbocycles. The lowest BCUT2D eigenvalue weighted by atomic mass is 9.99. The van der Waals surface area contributed by atoms with Crippen molar-refractivity contribution >= 4 is 11.8 Å². The Morgan fingerprint density at radius 3 is 2.45 bits per heavy atom. The fourth-order valence-electron chi connectivity index (χ4n) is 3.62. The summed E-state index contributed by atoms with van der Waals surface area (Å²) in [4.78, 5) is 23.4. The number of hydrogen-bond donors (Lipinski definition) is 5. The average molecular weight is 471 g/mol. The molecule has 6 atom stereocenters. The first kappa shape index (κ1) is 27.0. The van der Waals surface area contributed by atoms with Crippen molar-refractivity contribution in [2.75, 3.05) is 7.11 Å². The van der Waals surface area contributed by atoms with E-state index in [1.165, 1.54) is 13.2 Å². The molecule has 1 aromatic rings. The quantitative estimate of drug-likeness (QED) is 0.261. The van der Waals surface area contributed by atoms with Gasteiger partial charge in [0.05, 0.1) is 13.2 Å². The summed E-state index contributed by atoms with van der Waals surface area (Å²) in [6.07, 6.45) is -4.86. The third-order valence-electron chi connectivity index (χ3n) is 5.58. The molecule has 0 aliphatic carbocycles. The molecule has 5 N–H and O–H groups in total. The van der Waals surface area contributed by atoms with Crippen molar-refractivity contribution in [1.29, 1.82) is 0 Å². The van der Waals surface area contributed by atoms with Crippen LogP contribution in [0.15, 0.2) is 18.2 Å². The highest BCUT2D eigenvalue weighted by Gasteiger charge is 2.48. The van der Waals surface area contributed by atoms with Gasteiger partial charge in [-0.15, -0.1) is 0 Å². The second-order valence-electron chi connectivity index (χ2n) is 8.23. The number of ketones is 1. The maximum Gasteiger partial charge on any atom is 0.335 e. The SMILES string of the molecule is CCCCC[C@@H](O)CC(=O)CCc1ccc(O[C@H]2O[C@H](C(=O)O)[C@@H](O)[C@H](O)[C@H]2O)c(OC)c1. The van der Waals surface area contributed by atoms with Gasteiger partial charge in [-0.3, -0.25) is 4.79 Å². The molecule has 1 saturated heterocycles. The zero-order chi connectivity index (χ0) is 24.5. The van der Waals surface area contributed by atoms with Crippen LogP contribution in [0.2, 0.25) is 0 Å². The summed E-state index contributed by atoms with van der Waals surface area (Å²) in [5, 5.41) is 48.9. The van der Waals surface area contributed by atoms with E-state index in [9.17, 15) is 30.0 Å². The Balaban J connectivity index is 1.97. The van der Waals surface area contributed by atoms with Gasteiger partial charge in [0.2, 0.25) is 6.29 Å². The van der Waals surface area contributed by atoms with Crippen molar-refractivity contribution < 1.29 is 49.3 Å². The highest BCUT2D eigenvalue weighted by atomic mass is 16.7. The predicted octanol–water partition coefficient (Wildman–Crippen LogP) is 0.799. The fraction of sp³-hybridized carbons (Fsp3) is 0.652. The van der Waals surface area contributed by atoms with Gasteiger partial charge in [-0.2, -0.15) is 0 Å². The van der Waals surface area contributed by atoms with Crippen LogP contribution in [-0.2, 0) is 20.7 Å². The smallest absolute Gasteiger partial charge is 0.335 e. The van der Waals surface area contributed by atoms with Gasteiger partial charge in [-0.1, -0.05) is 32.3 Å². The summed E-state index contributed by atoms with van der Waals surface area (Å²) in [6, 6.07) is 4.83. The highest BCUT2D eigenvalue weighted by Crippen LogP contribution is 2.32. The Hall–Kier alpha value is -2.24. The molecule has 10 nitrogen and oxygen atoms in total. The molecule has 0 amide bonds. The molecule has 1 aromatic carbocycles. The number of ether oxygens (including phenoxy) is 3. The monoisotopic (exact) mass is 470 g/mol. The number of aliphatic hydroxyl groups is 4. The Bertz CT molecular complexity index is 783. The zero-order valence-corrected chi connectivity index (χ0v) is 18.9. The normalized spacial score (nSPS) is 25.9. The molecule has 0 unspecified atom stereocenters. The van der Waals surface area contributed by atoms with E-state index >= 15 is 0 Å². The number of Topliss-reactive ketones (excluding diaryl/α,β-unsaturated/α-hetero) is 1. The van der Waals surface area contributed by atoms with Crippen LogP contribution in [0.5, 0.6) is 11.5 Å². The van der Waals surface area contributed by atoms with Gasteiger partial charge in [-0.05, 0) is 30.5 Å². The molecule has 1 fully saturated rings. The van der Waals surface area contributed by atoms with Crippen LogP contribution in [0.3, 0.4) is 0 Å². The highest BCUT2D eigenvalue weighted by molar-refractivity contribution is 5.79. The molecule has 0 spiro atoms. The first-order valence-electron chi connectivity index (χ1n) is 11.1. The van der Waals surface area contributed by atoms with Gasteiger partial charge < -0.3 is 39.7 Å². The standard InChI is InChI=1S/C23H34O10/c1-3-4-5-6-14(24)12-15(25)9-7-13-8-10-16(17(11-13)31-2)32-23-20(28)18(26)19(27)21(33-23)22(29)30/h8,10-11,14,18-21,23-24,26-28H,3-7,9,12H2,1-2H3,(H,29,30)/t14-,18+,19+,20-,21+,23+/m1/s1. The number of carbonyl (C=O) groups excluding carboxylic acids is 1. The Morgan fingerprint density at radius 2 is 1.82 bits per heavy atom. The van der Waals surface area contributed by atoms with Crippen molar-refractivity contribution in [2.45, 2.75) is 88.7 Å². The maximum atomic E-state index is 12.2. The molecule has 0 bridgehead atoms. The number of aliphatic carboxylic acids is 1. The number of aliphatic hydroxyl groups excluding tert-OH is 4. The average Bonchev–Trinajstić information content (AvgIpc) is 2.78. The van der Waals surface area contributed by atoms with Crippen LogP contribution in [0, 0.1) is 0 Å². The summed E-state index contributed by atoms with van der Waals surface area (Å²) in [5.41, 5.74) is 0.775. The van der Waals surface area contributed by atoms with Crippen molar-refractivity contribution in [3.8, 4) is 11.5 Å². The number of methoxy groups -OCH3 is 1. The van der Waals surface area contributed by atoms with Crippen LogP contribution < -0.4 is 9.47 Å². The number of carboxylic acid groups (broad SMARTS) is 1. The number of hydrogen-bond acceptors (Lipinski definition) is 9. The third-order valence-corrected chi connectivity index (χ3v) is 5.58. The largest absolute Gasteiger partial charge is 0.493 e. The minimum Gasteiger partial charge on any atom is -0.493 e. The lowest BCUT2D eigenvalue weighted by Gasteiger charge is -2.38. The van der Waals surface area contributed by atoms with E-state index in [4.69, 9.17) is 19.3 Å². The molecule has 1 heterocycles. The van der Waals surface area contributed by atoms with Gasteiger partial charge in [0.25, 0.3) is 0 Å². The summed E-state index contributed by atoms with van der Waals surface area (Å²) >= 11 is 0. The molecule has 1 aliphatic rings. The molecule has 186 valence electrons. The summed E-state index contributed by atoms with van der Waals surface area (Å²) in [7, 11) is 1.39. The molecule has 0 radical (unpaired) electrons. The van der Waals surface area contributed by atoms with Gasteiger partial charge >= 0.3 is 5.97 Å². The number of rotatable bonds is 13. The number of benzene rings is 1. The molecule has 0 aromatic heterocycles. The summed E-state index contributed by atoms with van der Waals surface area (Å²) in [6.45, 7) is 2.08. The maximum absolute atomic E-state index is 12.2. The zero-order valence-electron chi connectivity index (χ0n) is 18.9. The van der Waals surface area contributed by atoms with Crippen molar-refractivity contribution in [2.24, 2.45) is 0 Å². The Morgan fingerprint density at radius 1 is 1.09 bits per heavy atom. The molecule has 1 aliphatic heterocycles. The lowest BCUT2D eigenvalue weighted by molar-refractivity contribution is -0.271. The van der Waals surface area contributed by atoms with Gasteiger partial charge in [0.15, 0.2) is 17.6 Å². The van der Waals surface area contributed by atoms with Gasteiger partial charge in [0, 0.05) is 12.8 Å². The second kappa shape index (κ2) is 12.9. The van der Waals surface area contributed by atoms with Crippen LogP contribution in [0.25, 0.3) is 0 Å². The van der Waals surface area contributed by atoms with Crippen LogP contribution >= 0.6 is 0 Å². The third kappa shape index (κ3) is 7.65. The summed E-state index contributed by atoms with van der Waals surface area (Å²) in [5.74, 6) is -1.17. The number of unbranched alkanes of at least 4 members (excludes halogenated alkanes) is 2. The van der Waals surface area contributed by atoms with E-state index in [0.29, 0.717) is 12.8 Å². The molecular weight excluding hydrogens is 436 g/mol. The molecule has 10 heteroatoms. The predicted molar refractivity (Wildman–Crippen MR) is 116 cm³/mol. The van der Waals surface area contributed by atoms with E-state index in [-0.39, 0.29) is 30.1 Å². The molecular formula is C23H34O10. The first-order valence-corrected chi connectivity index (χ1v) is 11.1. The Kier molecular flexibility index (Phi) is 10.5. The van der Waals surface area contributed by atoms with Crippen LogP contribution in [0.1, 0.15) is 51.0 Å². The van der Waals surface area contributed by atoms with Crippen molar-refractivity contribution in [3.05, 3.63) is 23.8 Å². The number of carbonyl (C=O) groups is 2. The Labute approximate surface area is 192 Å². The summed E-state index contributed by atoms with van der Waals surface area (Å²) < 4.78 is 16.0. The van der Waals surface area contributed by atoms with E-state index in [2.05, 4.69) is 6.92 Å². The van der Waals surface area contributed by atoms with Crippen molar-refractivity contribution in [1.82, 2.24) is 0 Å². The lowest BCUT2D eigenvalue weighted by Crippen LogP contribution is -2.61. The van der Waals surface area contributed by atoms with Crippen LogP contribution in [-0.4, -0.2) is 81.2 Å². The number of aryl methyl sites for hydroxylation is 1. The second-order valence-corrected chi connectivity index (χ2v) is 8.23. The minimum absolute atomic E-state index is 0.0377. The van der Waals surface area contributed by atoms with E-state index in [1.807, 2.05) is 0 Å². The van der Waals surface area contributed by atoms with Gasteiger partial charge in [0.1, 0.15) is 24.1 Å². The minimum atomic E-state index is -1.82. The van der Waals surface area contributed by atoms with E-state index in [1.54, 1.807) is 12.1 Å². The van der Waals surface area contributed by atoms with Crippen LogP contribution in [0.4, 0.5) is 0 Å².